The molecule has 0 spiro atoms. The minimum atomic E-state index is -0.0355. The predicted molar refractivity (Wildman–Crippen MR) is 115 cm³/mol. The highest BCUT2D eigenvalue weighted by atomic mass is 35.5. The van der Waals surface area contributed by atoms with Crippen molar-refractivity contribution >= 4 is 40.3 Å². The number of para-hydroxylation sites is 3. The molecule has 0 unspecified atom stereocenters. The van der Waals surface area contributed by atoms with Gasteiger partial charge in [-0.2, -0.15) is 0 Å². The summed E-state index contributed by atoms with van der Waals surface area (Å²) < 4.78 is 2.09. The molecule has 0 aliphatic rings. The Balaban J connectivity index is 1.48. The Morgan fingerprint density at radius 1 is 0.964 bits per heavy atom. The van der Waals surface area contributed by atoms with Gasteiger partial charge >= 0.3 is 0 Å². The smallest absolute Gasteiger partial charge is 0.230 e. The molecule has 6 heteroatoms. The van der Waals surface area contributed by atoms with Crippen molar-refractivity contribution in [2.75, 3.05) is 5.75 Å². The van der Waals surface area contributed by atoms with Crippen LogP contribution in [0.5, 0.6) is 0 Å². The van der Waals surface area contributed by atoms with Gasteiger partial charge in [0.1, 0.15) is 0 Å². The molecule has 4 aromatic rings. The summed E-state index contributed by atoms with van der Waals surface area (Å²) in [6.45, 7) is 0.478. The Kier molecular flexibility index (Phi) is 5.65. The van der Waals surface area contributed by atoms with Crippen LogP contribution >= 0.6 is 23.4 Å². The lowest BCUT2D eigenvalue weighted by Crippen LogP contribution is -2.24. The minimum absolute atomic E-state index is 0.0355. The molecule has 1 aromatic heterocycles. The van der Waals surface area contributed by atoms with Gasteiger partial charge in [0.05, 0.1) is 16.8 Å². The highest BCUT2D eigenvalue weighted by Gasteiger charge is 2.14. The first kappa shape index (κ1) is 18.6. The van der Waals surface area contributed by atoms with Crippen LogP contribution in [0, 0.1) is 0 Å². The number of nitrogens with zero attached hydrogens (tertiary/aromatic N) is 2. The molecule has 4 rings (SSSR count). The number of aromatic nitrogens is 2. The molecule has 1 amide bonds. The van der Waals surface area contributed by atoms with Gasteiger partial charge < -0.3 is 5.32 Å². The van der Waals surface area contributed by atoms with Crippen LogP contribution in [-0.2, 0) is 11.3 Å². The maximum atomic E-state index is 12.3. The first-order valence-corrected chi connectivity index (χ1v) is 10.2. The zero-order chi connectivity index (χ0) is 19.3. The van der Waals surface area contributed by atoms with Gasteiger partial charge in [0, 0.05) is 17.3 Å². The summed E-state index contributed by atoms with van der Waals surface area (Å²) in [4.78, 5) is 17.0. The van der Waals surface area contributed by atoms with Gasteiger partial charge in [-0.1, -0.05) is 65.8 Å². The summed E-state index contributed by atoms with van der Waals surface area (Å²) in [6, 6.07) is 25.5. The molecule has 0 fully saturated rings. The molecule has 0 radical (unpaired) electrons. The number of nitrogens with one attached hydrogen (secondary N) is 1. The number of benzene rings is 3. The summed E-state index contributed by atoms with van der Waals surface area (Å²) in [7, 11) is 0. The number of hydrogen-bond acceptors (Lipinski definition) is 3. The van der Waals surface area contributed by atoms with E-state index >= 15 is 0 Å². The van der Waals surface area contributed by atoms with Gasteiger partial charge in [-0.15, -0.1) is 0 Å². The second kappa shape index (κ2) is 8.50. The lowest BCUT2D eigenvalue weighted by Gasteiger charge is -2.09. The van der Waals surface area contributed by atoms with Crippen LogP contribution < -0.4 is 5.32 Å². The van der Waals surface area contributed by atoms with Crippen molar-refractivity contribution in [3.05, 3.63) is 89.4 Å². The molecule has 0 bridgehead atoms. The third-order valence-corrected chi connectivity index (χ3v) is 5.47. The van der Waals surface area contributed by atoms with E-state index in [0.29, 0.717) is 17.3 Å². The van der Waals surface area contributed by atoms with Gasteiger partial charge in [0.25, 0.3) is 0 Å². The van der Waals surface area contributed by atoms with Crippen LogP contribution in [0.25, 0.3) is 16.7 Å². The molecule has 0 saturated heterocycles. The lowest BCUT2D eigenvalue weighted by molar-refractivity contribution is -0.118. The summed E-state index contributed by atoms with van der Waals surface area (Å²) in [5.41, 5.74) is 3.98. The molecule has 28 heavy (non-hydrogen) atoms. The summed E-state index contributed by atoms with van der Waals surface area (Å²) >= 11 is 7.32. The second-order valence-corrected chi connectivity index (χ2v) is 7.62. The van der Waals surface area contributed by atoms with Crippen molar-refractivity contribution in [1.29, 1.82) is 0 Å². The third kappa shape index (κ3) is 4.21. The average molecular weight is 408 g/mol. The summed E-state index contributed by atoms with van der Waals surface area (Å²) in [6.07, 6.45) is 0. The molecule has 140 valence electrons. The Labute approximate surface area is 172 Å². The fourth-order valence-electron chi connectivity index (χ4n) is 2.91. The summed E-state index contributed by atoms with van der Waals surface area (Å²) in [5.74, 6) is 0.260. The topological polar surface area (TPSA) is 46.9 Å². The Hall–Kier alpha value is -2.76. The molecule has 1 heterocycles. The van der Waals surface area contributed by atoms with Gasteiger partial charge in [0.15, 0.2) is 5.16 Å². The number of thioether (sulfide) groups is 1. The maximum Gasteiger partial charge on any atom is 0.230 e. The molecule has 0 aliphatic heterocycles. The summed E-state index contributed by atoms with van der Waals surface area (Å²) in [5, 5.41) is 4.43. The molecule has 0 saturated carbocycles. The predicted octanol–water partition coefficient (Wildman–Crippen LogP) is 5.09. The number of imidazole rings is 1. The van der Waals surface area contributed by atoms with Crippen LogP contribution in [0.15, 0.2) is 84.0 Å². The van der Waals surface area contributed by atoms with Crippen molar-refractivity contribution < 1.29 is 4.79 Å². The van der Waals surface area contributed by atoms with E-state index in [4.69, 9.17) is 16.6 Å². The van der Waals surface area contributed by atoms with Crippen molar-refractivity contribution in [3.8, 4) is 5.69 Å². The molecular weight excluding hydrogens is 390 g/mol. The normalized spacial score (nSPS) is 10.9. The Bertz CT molecular complexity index is 1090. The fraction of sp³-hybridized carbons (Fsp3) is 0.0909. The van der Waals surface area contributed by atoms with Crippen molar-refractivity contribution in [2.45, 2.75) is 11.7 Å². The first-order chi connectivity index (χ1) is 13.7. The molecule has 3 aromatic carbocycles. The minimum Gasteiger partial charge on any atom is -0.351 e. The van der Waals surface area contributed by atoms with Gasteiger partial charge in [0.2, 0.25) is 5.91 Å². The highest BCUT2D eigenvalue weighted by molar-refractivity contribution is 7.99. The van der Waals surface area contributed by atoms with Crippen molar-refractivity contribution in [1.82, 2.24) is 14.9 Å². The third-order valence-electron chi connectivity index (χ3n) is 4.28. The van der Waals surface area contributed by atoms with Crippen molar-refractivity contribution in [2.24, 2.45) is 0 Å². The fourth-order valence-corrected chi connectivity index (χ4v) is 3.90. The van der Waals surface area contributed by atoms with Gasteiger partial charge in [-0.05, 0) is 42.0 Å². The quantitative estimate of drug-likeness (QED) is 0.453. The van der Waals surface area contributed by atoms with E-state index in [-0.39, 0.29) is 5.91 Å². The number of hydrogen-bond donors (Lipinski definition) is 1. The molecule has 0 atom stereocenters. The van der Waals surface area contributed by atoms with Gasteiger partial charge in [-0.3, -0.25) is 9.36 Å². The lowest BCUT2D eigenvalue weighted by atomic mass is 10.2. The van der Waals surface area contributed by atoms with E-state index in [1.165, 1.54) is 11.8 Å². The van der Waals surface area contributed by atoms with Crippen LogP contribution in [0.2, 0.25) is 5.02 Å². The Morgan fingerprint density at radius 3 is 2.46 bits per heavy atom. The zero-order valence-corrected chi connectivity index (χ0v) is 16.6. The van der Waals surface area contributed by atoms with E-state index in [9.17, 15) is 4.79 Å². The van der Waals surface area contributed by atoms with Crippen LogP contribution in [0.1, 0.15) is 5.56 Å². The van der Waals surface area contributed by atoms with Gasteiger partial charge in [-0.25, -0.2) is 4.98 Å². The number of rotatable bonds is 6. The van der Waals surface area contributed by atoms with E-state index in [1.54, 1.807) is 0 Å². The highest BCUT2D eigenvalue weighted by Crippen LogP contribution is 2.27. The van der Waals surface area contributed by atoms with Crippen LogP contribution in [-0.4, -0.2) is 21.2 Å². The first-order valence-electron chi connectivity index (χ1n) is 8.87. The number of amides is 1. The maximum absolute atomic E-state index is 12.3. The number of carbonyl (C=O) groups excluding carboxylic acids is 1. The SMILES string of the molecule is O=C(CSc1nc2ccccc2n1-c1ccccc1)NCc1ccc(Cl)cc1. The molecule has 1 N–H and O–H groups in total. The van der Waals surface area contributed by atoms with Crippen molar-refractivity contribution in [3.63, 3.8) is 0 Å². The van der Waals surface area contributed by atoms with Crippen LogP contribution in [0.3, 0.4) is 0 Å². The van der Waals surface area contributed by atoms with E-state index in [2.05, 4.69) is 9.88 Å². The second-order valence-electron chi connectivity index (χ2n) is 6.25. The largest absolute Gasteiger partial charge is 0.351 e. The molecular formula is C22H18ClN3OS. The number of halogens is 1. The average Bonchev–Trinajstić information content (AvgIpc) is 3.11. The number of fused-ring (bicyclic) bond motifs is 1. The van der Waals surface area contributed by atoms with Crippen LogP contribution in [0.4, 0.5) is 0 Å². The standard InChI is InChI=1S/C22H18ClN3OS/c23-17-12-10-16(11-13-17)14-24-21(27)15-28-22-25-19-8-4-5-9-20(19)26(22)18-6-2-1-3-7-18/h1-13H,14-15H2,(H,24,27). The Morgan fingerprint density at radius 2 is 1.68 bits per heavy atom. The number of carbonyl (C=O) groups is 1. The van der Waals surface area contributed by atoms with E-state index in [0.717, 1.165) is 27.4 Å². The van der Waals surface area contributed by atoms with E-state index in [1.807, 2.05) is 78.9 Å². The molecule has 0 aliphatic carbocycles. The zero-order valence-electron chi connectivity index (χ0n) is 15.0. The monoisotopic (exact) mass is 407 g/mol. The molecule has 4 nitrogen and oxygen atoms in total. The van der Waals surface area contributed by atoms with E-state index < -0.39 is 0 Å².